The average molecular weight is 342 g/mol. The van der Waals surface area contributed by atoms with E-state index in [-0.39, 0.29) is 12.3 Å². The van der Waals surface area contributed by atoms with Gasteiger partial charge in [0.1, 0.15) is 16.9 Å². The first kappa shape index (κ1) is 16.2. The van der Waals surface area contributed by atoms with Crippen molar-refractivity contribution >= 4 is 40.4 Å². The van der Waals surface area contributed by atoms with Crippen molar-refractivity contribution in [2.45, 2.75) is 6.42 Å². The number of nitrogens with one attached hydrogen (secondary N) is 1. The summed E-state index contributed by atoms with van der Waals surface area (Å²) in [5.41, 5.74) is -0.0610. The Balaban J connectivity index is 1.67. The van der Waals surface area contributed by atoms with E-state index in [2.05, 4.69) is 10.3 Å². The number of hydrogen-bond donors (Lipinski definition) is 1. The van der Waals surface area contributed by atoms with Gasteiger partial charge in [-0.2, -0.15) is 0 Å². The summed E-state index contributed by atoms with van der Waals surface area (Å²) < 4.78 is 5.63. The molecule has 0 aliphatic heterocycles. The van der Waals surface area contributed by atoms with Gasteiger partial charge in [0, 0.05) is 12.6 Å². The van der Waals surface area contributed by atoms with Crippen LogP contribution in [0.15, 0.2) is 30.5 Å². The number of rotatable bonds is 7. The molecule has 0 radical (unpaired) electrons. The molecule has 2 aromatic heterocycles. The van der Waals surface area contributed by atoms with Crippen LogP contribution in [0.1, 0.15) is 16.1 Å². The van der Waals surface area contributed by atoms with Gasteiger partial charge < -0.3 is 10.1 Å². The Morgan fingerprint density at radius 2 is 2.23 bits per heavy atom. The first-order valence-corrected chi connectivity index (χ1v) is 7.52. The highest BCUT2D eigenvalue weighted by atomic mass is 35.5. The summed E-state index contributed by atoms with van der Waals surface area (Å²) in [7, 11) is 0. The summed E-state index contributed by atoms with van der Waals surface area (Å²) in [5, 5.41) is 13.5. The number of carbonyl (C=O) groups is 1. The second kappa shape index (κ2) is 7.71. The van der Waals surface area contributed by atoms with Gasteiger partial charge in [0.15, 0.2) is 0 Å². The number of esters is 1. The fraction of sp³-hybridized carbons (Fsp3) is 0.231. The zero-order chi connectivity index (χ0) is 15.9. The Morgan fingerprint density at radius 3 is 2.82 bits per heavy atom. The number of pyridine rings is 1. The van der Waals surface area contributed by atoms with E-state index in [1.807, 2.05) is 0 Å². The molecule has 0 aromatic carbocycles. The number of hydrogen-bond acceptors (Lipinski definition) is 7. The molecule has 9 heteroatoms. The van der Waals surface area contributed by atoms with Crippen LogP contribution in [0.4, 0.5) is 11.5 Å². The van der Waals surface area contributed by atoms with Crippen molar-refractivity contribution in [1.29, 1.82) is 0 Å². The Bertz CT molecular complexity index is 660. The van der Waals surface area contributed by atoms with Crippen molar-refractivity contribution in [1.82, 2.24) is 4.98 Å². The van der Waals surface area contributed by atoms with Crippen LogP contribution in [-0.2, 0) is 4.74 Å². The molecule has 0 fully saturated rings. The molecule has 2 heterocycles. The smallest absolute Gasteiger partial charge is 0.348 e. The largest absolute Gasteiger partial charge is 0.461 e. The normalized spacial score (nSPS) is 10.2. The monoisotopic (exact) mass is 341 g/mol. The van der Waals surface area contributed by atoms with Gasteiger partial charge in [-0.05, 0) is 24.6 Å². The number of nitrogens with zero attached hydrogens (tertiary/aromatic N) is 2. The molecule has 0 atom stereocenters. The zero-order valence-corrected chi connectivity index (χ0v) is 12.9. The van der Waals surface area contributed by atoms with Gasteiger partial charge in [-0.1, -0.05) is 11.6 Å². The van der Waals surface area contributed by atoms with E-state index in [9.17, 15) is 14.9 Å². The topological polar surface area (TPSA) is 94.4 Å². The van der Waals surface area contributed by atoms with Crippen LogP contribution < -0.4 is 5.32 Å². The number of ether oxygens (including phenoxy) is 1. The van der Waals surface area contributed by atoms with Crippen LogP contribution in [0.3, 0.4) is 0 Å². The van der Waals surface area contributed by atoms with Crippen LogP contribution in [0.25, 0.3) is 0 Å². The highest BCUT2D eigenvalue weighted by molar-refractivity contribution is 7.17. The quantitative estimate of drug-likeness (QED) is 0.359. The molecule has 0 bridgehead atoms. The molecule has 0 aliphatic rings. The fourth-order valence-corrected chi connectivity index (χ4v) is 2.48. The highest BCUT2D eigenvalue weighted by Gasteiger charge is 2.09. The van der Waals surface area contributed by atoms with Crippen LogP contribution in [-0.4, -0.2) is 29.0 Å². The predicted octanol–water partition coefficient (Wildman–Crippen LogP) is 3.36. The van der Waals surface area contributed by atoms with Crippen molar-refractivity contribution in [2.24, 2.45) is 0 Å². The van der Waals surface area contributed by atoms with Gasteiger partial charge >= 0.3 is 5.97 Å². The summed E-state index contributed by atoms with van der Waals surface area (Å²) in [5.74, 6) is 0.132. The van der Waals surface area contributed by atoms with E-state index >= 15 is 0 Å². The van der Waals surface area contributed by atoms with Gasteiger partial charge in [0.25, 0.3) is 5.69 Å². The van der Waals surface area contributed by atoms with E-state index in [1.54, 1.807) is 12.1 Å². The van der Waals surface area contributed by atoms with Gasteiger partial charge in [-0.15, -0.1) is 11.3 Å². The molecule has 0 saturated heterocycles. The highest BCUT2D eigenvalue weighted by Crippen LogP contribution is 2.22. The second-order valence-corrected chi connectivity index (χ2v) is 5.89. The van der Waals surface area contributed by atoms with Crippen LogP contribution in [0.5, 0.6) is 0 Å². The molecule has 0 unspecified atom stereocenters. The van der Waals surface area contributed by atoms with E-state index in [4.69, 9.17) is 16.3 Å². The molecule has 2 rings (SSSR count). The van der Waals surface area contributed by atoms with Gasteiger partial charge in [0.05, 0.1) is 15.9 Å². The number of halogens is 1. The van der Waals surface area contributed by atoms with Crippen LogP contribution in [0.2, 0.25) is 4.34 Å². The molecular formula is C13H12ClN3O4S. The van der Waals surface area contributed by atoms with Crippen molar-refractivity contribution in [2.75, 3.05) is 18.5 Å². The maximum Gasteiger partial charge on any atom is 0.348 e. The van der Waals surface area contributed by atoms with Crippen molar-refractivity contribution in [3.05, 3.63) is 49.8 Å². The van der Waals surface area contributed by atoms with E-state index in [1.165, 1.54) is 29.7 Å². The maximum atomic E-state index is 11.6. The minimum atomic E-state index is -0.507. The lowest BCUT2D eigenvalue weighted by atomic mass is 10.4. The summed E-state index contributed by atoms with van der Waals surface area (Å²) >= 11 is 6.91. The standard InChI is InChI=1S/C13H12ClN3O4S/c14-11-4-3-10(22-11)13(18)21-7-1-6-15-12-5-2-9(8-16-12)17(19)20/h2-5,8H,1,6-7H2,(H,15,16). The molecule has 1 N–H and O–H groups in total. The number of aromatic nitrogens is 1. The maximum absolute atomic E-state index is 11.6. The minimum Gasteiger partial charge on any atom is -0.461 e. The Labute approximate surface area is 135 Å². The summed E-state index contributed by atoms with van der Waals surface area (Å²) in [6.07, 6.45) is 1.77. The zero-order valence-electron chi connectivity index (χ0n) is 11.3. The lowest BCUT2D eigenvalue weighted by Gasteiger charge is -2.05. The van der Waals surface area contributed by atoms with Crippen LogP contribution >= 0.6 is 22.9 Å². The third kappa shape index (κ3) is 4.68. The third-order valence-electron chi connectivity index (χ3n) is 2.59. The predicted molar refractivity (Wildman–Crippen MR) is 83.6 cm³/mol. The van der Waals surface area contributed by atoms with Gasteiger partial charge in [-0.25, -0.2) is 9.78 Å². The van der Waals surface area contributed by atoms with Gasteiger partial charge in [-0.3, -0.25) is 10.1 Å². The number of carbonyl (C=O) groups excluding carboxylic acids is 1. The fourth-order valence-electron chi connectivity index (χ4n) is 1.55. The Kier molecular flexibility index (Phi) is 5.68. The number of anilines is 1. The lowest BCUT2D eigenvalue weighted by molar-refractivity contribution is -0.385. The van der Waals surface area contributed by atoms with Crippen molar-refractivity contribution in [3.63, 3.8) is 0 Å². The van der Waals surface area contributed by atoms with Crippen LogP contribution in [0, 0.1) is 10.1 Å². The van der Waals surface area contributed by atoms with Crippen molar-refractivity contribution < 1.29 is 14.5 Å². The molecule has 7 nitrogen and oxygen atoms in total. The Hall–Kier alpha value is -2.19. The number of nitro groups is 1. The molecule has 2 aromatic rings. The summed E-state index contributed by atoms with van der Waals surface area (Å²) in [6, 6.07) is 6.16. The summed E-state index contributed by atoms with van der Waals surface area (Å²) in [6.45, 7) is 0.789. The molecule has 0 amide bonds. The number of thiophene rings is 1. The van der Waals surface area contributed by atoms with Gasteiger partial charge in [0.2, 0.25) is 0 Å². The Morgan fingerprint density at radius 1 is 1.41 bits per heavy atom. The third-order valence-corrected chi connectivity index (χ3v) is 3.80. The molecular weight excluding hydrogens is 330 g/mol. The van der Waals surface area contributed by atoms with Crippen molar-refractivity contribution in [3.8, 4) is 0 Å². The first-order chi connectivity index (χ1) is 10.6. The lowest BCUT2D eigenvalue weighted by Crippen LogP contribution is -2.10. The average Bonchev–Trinajstić information content (AvgIpc) is 2.94. The minimum absolute atomic E-state index is 0.0610. The second-order valence-electron chi connectivity index (χ2n) is 4.18. The molecule has 0 spiro atoms. The molecule has 116 valence electrons. The molecule has 22 heavy (non-hydrogen) atoms. The molecule has 0 saturated carbocycles. The first-order valence-electron chi connectivity index (χ1n) is 6.33. The van der Waals surface area contributed by atoms with E-state index in [0.29, 0.717) is 28.0 Å². The van der Waals surface area contributed by atoms with E-state index < -0.39 is 10.9 Å². The SMILES string of the molecule is O=C(OCCCNc1ccc([N+](=O)[O-])cn1)c1ccc(Cl)s1. The molecule has 0 aliphatic carbocycles. The van der Waals surface area contributed by atoms with E-state index in [0.717, 1.165) is 0 Å². The summed E-state index contributed by atoms with van der Waals surface area (Å²) in [4.78, 5) is 26.0.